The summed E-state index contributed by atoms with van der Waals surface area (Å²) < 4.78 is 0. The second-order valence-corrected chi connectivity index (χ2v) is 14.9. The maximum Gasteiger partial charge on any atom is 0.225 e. The SMILES string of the molecule is CC(C)C.CCCCCCP(c1ccccc1C1=NC(C(C)(C)C)CN1C(C)=O)C1CCCCC1. The first-order valence-electron chi connectivity index (χ1n) is 14.3. The molecule has 35 heavy (non-hydrogen) atoms. The first-order valence-corrected chi connectivity index (χ1v) is 15.9. The van der Waals surface area contributed by atoms with Crippen LogP contribution in [0.4, 0.5) is 0 Å². The number of unbranched alkanes of at least 4 members (excludes halogenated alkanes) is 3. The topological polar surface area (TPSA) is 32.7 Å². The van der Waals surface area contributed by atoms with Gasteiger partial charge in [0.05, 0.1) is 12.6 Å². The fourth-order valence-corrected chi connectivity index (χ4v) is 8.31. The lowest BCUT2D eigenvalue weighted by Gasteiger charge is -2.33. The second-order valence-electron chi connectivity index (χ2n) is 12.3. The van der Waals surface area contributed by atoms with Crippen molar-refractivity contribution in [2.45, 2.75) is 125 Å². The zero-order chi connectivity index (χ0) is 26.0. The molecule has 3 rings (SSSR count). The molecular formula is C31H53N2OP. The highest BCUT2D eigenvalue weighted by atomic mass is 31.1. The van der Waals surface area contributed by atoms with E-state index < -0.39 is 0 Å². The Morgan fingerprint density at radius 1 is 1.06 bits per heavy atom. The van der Waals surface area contributed by atoms with E-state index in [0.717, 1.165) is 17.4 Å². The van der Waals surface area contributed by atoms with E-state index in [4.69, 9.17) is 4.99 Å². The highest BCUT2D eigenvalue weighted by Crippen LogP contribution is 2.49. The number of hydrogen-bond acceptors (Lipinski definition) is 2. The van der Waals surface area contributed by atoms with E-state index in [0.29, 0.717) is 6.54 Å². The standard InChI is InChI=1S/C27H43N2OP.C4H10/c1-6-7-8-14-19-31(22-15-10-9-11-16-22)24-18-13-12-17-23(24)26-28-25(27(3,4)5)20-29(26)21(2)30;1-4(2)3/h12-13,17-18,22,25H,6-11,14-16,19-20H2,1-5H3;4H,1-3H3. The van der Waals surface area contributed by atoms with Gasteiger partial charge in [0.2, 0.25) is 5.91 Å². The molecule has 1 saturated carbocycles. The predicted molar refractivity (Wildman–Crippen MR) is 157 cm³/mol. The van der Waals surface area contributed by atoms with E-state index >= 15 is 0 Å². The van der Waals surface area contributed by atoms with Crippen LogP contribution in [-0.4, -0.2) is 41.1 Å². The Bertz CT molecular complexity index is 802. The Hall–Kier alpha value is -1.21. The monoisotopic (exact) mass is 500 g/mol. The molecule has 0 N–H and O–H groups in total. The Labute approximate surface area is 218 Å². The number of nitrogens with zero attached hydrogens (tertiary/aromatic N) is 2. The van der Waals surface area contributed by atoms with Gasteiger partial charge < -0.3 is 0 Å². The van der Waals surface area contributed by atoms with Crippen molar-refractivity contribution >= 4 is 25.0 Å². The number of amidine groups is 1. The molecule has 0 radical (unpaired) electrons. The molecule has 1 aliphatic carbocycles. The molecule has 1 amide bonds. The summed E-state index contributed by atoms with van der Waals surface area (Å²) in [6.45, 7) is 17.9. The summed E-state index contributed by atoms with van der Waals surface area (Å²) in [5.74, 6) is 1.88. The smallest absolute Gasteiger partial charge is 0.225 e. The Morgan fingerprint density at radius 3 is 2.26 bits per heavy atom. The van der Waals surface area contributed by atoms with Gasteiger partial charge in [-0.2, -0.15) is 0 Å². The molecule has 0 saturated heterocycles. The first-order chi connectivity index (χ1) is 16.6. The molecule has 4 heteroatoms. The largest absolute Gasteiger partial charge is 0.295 e. The Morgan fingerprint density at radius 2 is 1.69 bits per heavy atom. The third-order valence-electron chi connectivity index (χ3n) is 6.99. The molecule has 2 atom stereocenters. The van der Waals surface area contributed by atoms with Crippen LogP contribution in [0.5, 0.6) is 0 Å². The highest BCUT2D eigenvalue weighted by molar-refractivity contribution is 7.66. The summed E-state index contributed by atoms with van der Waals surface area (Å²) in [4.78, 5) is 19.7. The average Bonchev–Trinajstić information content (AvgIpc) is 3.26. The molecule has 1 heterocycles. The fraction of sp³-hybridized carbons (Fsp3) is 0.742. The van der Waals surface area contributed by atoms with Crippen LogP contribution in [0, 0.1) is 11.3 Å². The van der Waals surface area contributed by atoms with Crippen molar-refractivity contribution in [2.24, 2.45) is 16.3 Å². The fourth-order valence-electron chi connectivity index (χ4n) is 4.99. The van der Waals surface area contributed by atoms with Gasteiger partial charge in [0, 0.05) is 12.5 Å². The van der Waals surface area contributed by atoms with Gasteiger partial charge in [-0.25, -0.2) is 0 Å². The number of aliphatic imine (C=N–C) groups is 1. The predicted octanol–water partition coefficient (Wildman–Crippen LogP) is 8.39. The van der Waals surface area contributed by atoms with Gasteiger partial charge in [-0.1, -0.05) is 119 Å². The Balaban J connectivity index is 0.00000100. The van der Waals surface area contributed by atoms with Crippen LogP contribution in [0.15, 0.2) is 29.3 Å². The number of carbonyl (C=O) groups is 1. The van der Waals surface area contributed by atoms with Crippen molar-refractivity contribution in [3.8, 4) is 0 Å². The van der Waals surface area contributed by atoms with Crippen molar-refractivity contribution in [1.82, 2.24) is 4.90 Å². The summed E-state index contributed by atoms with van der Waals surface area (Å²) in [7, 11) is -0.227. The molecule has 1 aromatic carbocycles. The highest BCUT2D eigenvalue weighted by Gasteiger charge is 2.37. The van der Waals surface area contributed by atoms with E-state index in [1.54, 1.807) is 6.92 Å². The number of rotatable bonds is 8. The molecule has 0 bridgehead atoms. The molecule has 0 aromatic heterocycles. The summed E-state index contributed by atoms with van der Waals surface area (Å²) in [6.07, 6.45) is 13.5. The summed E-state index contributed by atoms with van der Waals surface area (Å²) in [5, 5.41) is 1.50. The molecule has 1 aliphatic heterocycles. The maximum absolute atomic E-state index is 12.6. The summed E-state index contributed by atoms with van der Waals surface area (Å²) >= 11 is 0. The Kier molecular flexibility index (Phi) is 12.4. The zero-order valence-corrected chi connectivity index (χ0v) is 25.0. The van der Waals surface area contributed by atoms with Crippen LogP contribution >= 0.6 is 7.92 Å². The lowest BCUT2D eigenvalue weighted by molar-refractivity contribution is -0.125. The van der Waals surface area contributed by atoms with E-state index in [1.165, 1.54) is 74.8 Å². The van der Waals surface area contributed by atoms with Crippen LogP contribution in [0.2, 0.25) is 0 Å². The average molecular weight is 501 g/mol. The third kappa shape index (κ3) is 9.31. The van der Waals surface area contributed by atoms with Crippen molar-refractivity contribution in [3.63, 3.8) is 0 Å². The lowest BCUT2D eigenvalue weighted by atomic mass is 9.87. The van der Waals surface area contributed by atoms with Crippen LogP contribution in [0.1, 0.15) is 119 Å². The van der Waals surface area contributed by atoms with Crippen LogP contribution in [-0.2, 0) is 4.79 Å². The number of amides is 1. The van der Waals surface area contributed by atoms with Gasteiger partial charge in [-0.05, 0) is 47.7 Å². The van der Waals surface area contributed by atoms with Gasteiger partial charge in [-0.3, -0.25) is 14.7 Å². The van der Waals surface area contributed by atoms with Gasteiger partial charge in [0.1, 0.15) is 5.84 Å². The third-order valence-corrected chi connectivity index (χ3v) is 10.2. The van der Waals surface area contributed by atoms with E-state index in [-0.39, 0.29) is 25.3 Å². The van der Waals surface area contributed by atoms with Crippen molar-refractivity contribution in [3.05, 3.63) is 29.8 Å². The van der Waals surface area contributed by atoms with Crippen LogP contribution in [0.25, 0.3) is 0 Å². The lowest BCUT2D eigenvalue weighted by Crippen LogP contribution is -2.38. The molecule has 198 valence electrons. The zero-order valence-electron chi connectivity index (χ0n) is 24.1. The molecule has 3 nitrogen and oxygen atoms in total. The first kappa shape index (κ1) is 30.0. The second kappa shape index (κ2) is 14.5. The van der Waals surface area contributed by atoms with Crippen molar-refractivity contribution in [2.75, 3.05) is 12.7 Å². The summed E-state index contributed by atoms with van der Waals surface area (Å²) in [6, 6.07) is 9.10. The molecule has 0 spiro atoms. The quantitative estimate of drug-likeness (QED) is 0.260. The van der Waals surface area contributed by atoms with Crippen molar-refractivity contribution < 1.29 is 4.79 Å². The number of benzene rings is 1. The van der Waals surface area contributed by atoms with Gasteiger partial charge in [-0.15, -0.1) is 0 Å². The maximum atomic E-state index is 12.6. The van der Waals surface area contributed by atoms with Crippen molar-refractivity contribution in [1.29, 1.82) is 0 Å². The van der Waals surface area contributed by atoms with E-state index in [2.05, 4.69) is 72.7 Å². The minimum atomic E-state index is -0.227. The van der Waals surface area contributed by atoms with E-state index in [9.17, 15) is 4.79 Å². The van der Waals surface area contributed by atoms with Crippen LogP contribution < -0.4 is 5.30 Å². The molecular weight excluding hydrogens is 447 g/mol. The van der Waals surface area contributed by atoms with Gasteiger partial charge in [0.15, 0.2) is 0 Å². The summed E-state index contributed by atoms with van der Waals surface area (Å²) in [5.41, 5.74) is 2.12. The van der Waals surface area contributed by atoms with E-state index in [1.807, 2.05) is 4.90 Å². The van der Waals surface area contributed by atoms with Crippen LogP contribution in [0.3, 0.4) is 0 Å². The van der Waals surface area contributed by atoms with Gasteiger partial charge >= 0.3 is 0 Å². The minimum absolute atomic E-state index is 0.0542. The molecule has 1 fully saturated rings. The molecule has 1 aromatic rings. The molecule has 2 unspecified atom stereocenters. The molecule has 2 aliphatic rings. The minimum Gasteiger partial charge on any atom is -0.295 e. The number of carbonyl (C=O) groups excluding carboxylic acids is 1. The normalized spacial score (nSPS) is 19.9. The van der Waals surface area contributed by atoms with Gasteiger partial charge in [0.25, 0.3) is 0 Å². The number of hydrogen-bond donors (Lipinski definition) is 0.